The van der Waals surface area contributed by atoms with Crippen LogP contribution in [0.15, 0.2) is 33.4 Å². The Morgan fingerprint density at radius 2 is 1.23 bits per heavy atom. The third-order valence-corrected chi connectivity index (χ3v) is 5.79. The third kappa shape index (κ3) is 3.56. The topological polar surface area (TPSA) is 144 Å². The number of hydrogen-bond acceptors (Lipinski definition) is 8. The van der Waals surface area contributed by atoms with Crippen LogP contribution < -0.4 is 11.1 Å². The molecule has 0 saturated carbocycles. The number of oxazole rings is 2. The summed E-state index contributed by atoms with van der Waals surface area (Å²) in [5.74, 6) is 0.738. The van der Waals surface area contributed by atoms with Crippen LogP contribution in [-0.2, 0) is 9.59 Å². The molecule has 5 aromatic rings. The number of benzene rings is 1. The van der Waals surface area contributed by atoms with E-state index in [2.05, 4.69) is 29.9 Å². The molecule has 2 atom stereocenters. The van der Waals surface area contributed by atoms with E-state index in [1.807, 2.05) is 0 Å². The fourth-order valence-corrected chi connectivity index (χ4v) is 4.22. The Bertz CT molecular complexity index is 1270. The van der Waals surface area contributed by atoms with Gasteiger partial charge in [0.05, 0.1) is 12.4 Å². The van der Waals surface area contributed by atoms with E-state index in [1.165, 1.54) is 13.8 Å². The van der Waals surface area contributed by atoms with Gasteiger partial charge in [-0.3, -0.25) is 9.59 Å². The highest BCUT2D eigenvalue weighted by molar-refractivity contribution is 7.64. The average molecular weight is 440 g/mol. The zero-order chi connectivity index (χ0) is 20.8. The summed E-state index contributed by atoms with van der Waals surface area (Å²) in [4.78, 5) is 46.0. The number of carbonyl (C=O) groups excluding carboxylic acids is 2. The Labute approximate surface area is 171 Å². The molecule has 0 spiro atoms. The lowest BCUT2D eigenvalue weighted by Gasteiger charge is -1.90. The van der Waals surface area contributed by atoms with E-state index < -0.39 is 0 Å². The van der Waals surface area contributed by atoms with Crippen LogP contribution in [0.3, 0.4) is 0 Å². The number of aromatic nitrogens is 6. The molecule has 0 fully saturated rings. The molecule has 2 N–H and O–H groups in total. The third-order valence-electron chi connectivity index (χ3n) is 4.10. The molecule has 1 aromatic carbocycles. The summed E-state index contributed by atoms with van der Waals surface area (Å²) in [5, 5.41) is 0. The molecule has 5 rings (SSSR count). The first-order chi connectivity index (χ1) is 14.4. The molecule has 12 heteroatoms. The zero-order valence-electron chi connectivity index (χ0n) is 15.7. The van der Waals surface area contributed by atoms with E-state index in [9.17, 15) is 9.59 Å². The Morgan fingerprint density at radius 3 is 1.63 bits per heavy atom. The van der Waals surface area contributed by atoms with Gasteiger partial charge in [-0.25, -0.2) is 19.9 Å². The molecule has 10 nitrogen and oxygen atoms in total. The van der Waals surface area contributed by atoms with Gasteiger partial charge in [-0.15, -0.1) is 0 Å². The highest BCUT2D eigenvalue weighted by atomic mass is 31.1. The Kier molecular flexibility index (Phi) is 4.53. The fraction of sp³-hybridized carbons (Fsp3) is 0.111. The lowest BCUT2D eigenvalue weighted by molar-refractivity contribution is -0.110. The number of H-pyrrole nitrogens is 2. The van der Waals surface area contributed by atoms with Crippen molar-refractivity contribution in [1.29, 1.82) is 0 Å². The monoisotopic (exact) mass is 440 g/mol. The number of aromatic amines is 2. The molecular weight excluding hydrogens is 426 g/mol. The lowest BCUT2D eigenvalue weighted by atomic mass is 10.3. The van der Waals surface area contributed by atoms with E-state index in [1.54, 1.807) is 24.5 Å². The van der Waals surface area contributed by atoms with Gasteiger partial charge >= 0.3 is 0 Å². The fourth-order valence-electron chi connectivity index (χ4n) is 2.90. The minimum Gasteiger partial charge on any atom is -0.435 e. The van der Waals surface area contributed by atoms with Crippen LogP contribution in [0.4, 0.5) is 0 Å². The summed E-state index contributed by atoms with van der Waals surface area (Å²) in [5.41, 5.74) is 4.75. The van der Waals surface area contributed by atoms with Crippen LogP contribution in [-0.4, -0.2) is 41.0 Å². The summed E-state index contributed by atoms with van der Waals surface area (Å²) in [6, 6.07) is 3.49. The zero-order valence-corrected chi connectivity index (χ0v) is 17.7. The highest BCUT2D eigenvalue weighted by Crippen LogP contribution is 2.29. The predicted octanol–water partition coefficient (Wildman–Crippen LogP) is 2.45. The summed E-state index contributed by atoms with van der Waals surface area (Å²) >= 11 is 0. The van der Waals surface area contributed by atoms with Crippen LogP contribution in [0.25, 0.3) is 45.4 Å². The first kappa shape index (κ1) is 18.8. The molecule has 0 aliphatic heterocycles. The van der Waals surface area contributed by atoms with E-state index in [0.717, 1.165) is 0 Å². The summed E-state index contributed by atoms with van der Waals surface area (Å²) in [6.45, 7) is 3.04. The number of nitrogens with zero attached hydrogens (tertiary/aromatic N) is 4. The first-order valence-corrected chi connectivity index (χ1v) is 10.8. The maximum Gasteiger partial charge on any atom is 0.245 e. The van der Waals surface area contributed by atoms with E-state index in [4.69, 9.17) is 8.83 Å². The highest BCUT2D eigenvalue weighted by Gasteiger charge is 2.17. The molecule has 4 heterocycles. The van der Waals surface area contributed by atoms with Crippen molar-refractivity contribution in [2.45, 2.75) is 13.8 Å². The van der Waals surface area contributed by atoms with Gasteiger partial charge in [0.1, 0.15) is 33.6 Å². The molecule has 0 aliphatic carbocycles. The van der Waals surface area contributed by atoms with E-state index >= 15 is 0 Å². The predicted molar refractivity (Wildman–Crippen MR) is 114 cm³/mol. The van der Waals surface area contributed by atoms with Crippen molar-refractivity contribution in [2.24, 2.45) is 0 Å². The van der Waals surface area contributed by atoms with Crippen LogP contribution >= 0.6 is 17.2 Å². The molecule has 0 aliphatic rings. The number of nitrogens with one attached hydrogen (secondary N) is 2. The van der Waals surface area contributed by atoms with E-state index in [0.29, 0.717) is 56.5 Å². The van der Waals surface area contributed by atoms with Crippen molar-refractivity contribution in [3.63, 3.8) is 0 Å². The number of imidazole rings is 2. The van der Waals surface area contributed by atoms with Crippen molar-refractivity contribution < 1.29 is 18.4 Å². The number of hydrogen-bond donors (Lipinski definition) is 2. The molecule has 4 aromatic heterocycles. The lowest BCUT2D eigenvalue weighted by Crippen LogP contribution is -2.01. The van der Waals surface area contributed by atoms with Crippen molar-refractivity contribution in [3.05, 3.63) is 24.5 Å². The SMILES string of the molecule is CC(=O)Pc1ncc(-c2nc3cc4oc(-c5cnc(PC(C)=O)[nH]5)nc4cc3o2)[nH]1. The Hall–Kier alpha value is -3.22. The van der Waals surface area contributed by atoms with Crippen LogP contribution in [0.2, 0.25) is 0 Å². The molecule has 0 bridgehead atoms. The van der Waals surface area contributed by atoms with Crippen LogP contribution in [0.1, 0.15) is 13.8 Å². The summed E-state index contributed by atoms with van der Waals surface area (Å²) in [6.07, 6.45) is 3.18. The molecule has 0 saturated heterocycles. The molecule has 150 valence electrons. The van der Waals surface area contributed by atoms with Gasteiger partial charge in [0, 0.05) is 29.3 Å². The second kappa shape index (κ2) is 7.23. The van der Waals surface area contributed by atoms with Gasteiger partial charge in [0.2, 0.25) is 11.8 Å². The molecule has 0 radical (unpaired) electrons. The molecule has 0 amide bonds. The number of rotatable bonds is 6. The molecule has 2 unspecified atom stereocenters. The van der Waals surface area contributed by atoms with Gasteiger partial charge in [0.15, 0.2) is 22.2 Å². The van der Waals surface area contributed by atoms with Gasteiger partial charge in [-0.2, -0.15) is 0 Å². The Morgan fingerprint density at radius 1 is 0.800 bits per heavy atom. The van der Waals surface area contributed by atoms with Crippen molar-refractivity contribution in [1.82, 2.24) is 29.9 Å². The number of carbonyl (C=O) groups is 2. The molecular formula is C18H14N6O4P2. The maximum absolute atomic E-state index is 11.3. The summed E-state index contributed by atoms with van der Waals surface area (Å²) < 4.78 is 11.7. The minimum absolute atomic E-state index is 0.0351. The smallest absolute Gasteiger partial charge is 0.245 e. The Balaban J connectivity index is 1.47. The quantitative estimate of drug-likeness (QED) is 0.383. The second-order valence-electron chi connectivity index (χ2n) is 6.48. The van der Waals surface area contributed by atoms with Gasteiger partial charge in [-0.05, 0) is 13.8 Å². The van der Waals surface area contributed by atoms with Crippen molar-refractivity contribution in [3.8, 4) is 23.2 Å². The van der Waals surface area contributed by atoms with Crippen LogP contribution in [0.5, 0.6) is 0 Å². The molecule has 30 heavy (non-hydrogen) atoms. The summed E-state index contributed by atoms with van der Waals surface area (Å²) in [7, 11) is -0.0701. The van der Waals surface area contributed by atoms with Crippen molar-refractivity contribution in [2.75, 3.05) is 0 Å². The maximum atomic E-state index is 11.3. The second-order valence-corrected chi connectivity index (χ2v) is 9.33. The average Bonchev–Trinajstić information content (AvgIpc) is 3.43. The van der Waals surface area contributed by atoms with Gasteiger partial charge in [-0.1, -0.05) is 0 Å². The first-order valence-electron chi connectivity index (χ1n) is 8.81. The van der Waals surface area contributed by atoms with Crippen molar-refractivity contribution >= 4 is 61.5 Å². The number of fused-ring (bicyclic) bond motifs is 2. The van der Waals surface area contributed by atoms with Crippen LogP contribution in [0, 0.1) is 0 Å². The largest absolute Gasteiger partial charge is 0.435 e. The van der Waals surface area contributed by atoms with Gasteiger partial charge < -0.3 is 18.8 Å². The standard InChI is InChI=1S/C18H14N6O4P2/c1-7(25)29-17-19-5-11(23-17)15-21-9-3-14-10(4-13(9)27-15)22-16(28-14)12-6-20-18(24-12)30-8(2)26/h3-6,29-30H,1-2H3,(H,19,23)(H,20,24). The van der Waals surface area contributed by atoms with Gasteiger partial charge in [0.25, 0.3) is 0 Å². The minimum atomic E-state index is -0.0351. The normalized spacial score (nSPS) is 12.3. The van der Waals surface area contributed by atoms with E-state index in [-0.39, 0.29) is 28.2 Å².